The van der Waals surface area contributed by atoms with E-state index in [1.807, 2.05) is 0 Å². The maximum Gasteiger partial charge on any atom is 0.412 e. The first-order valence-electron chi connectivity index (χ1n) is 8.05. The van der Waals surface area contributed by atoms with E-state index < -0.39 is 23.3 Å². The number of anilines is 1. The summed E-state index contributed by atoms with van der Waals surface area (Å²) in [6.07, 6.45) is 0.792. The molecule has 2 N–H and O–H groups in total. The van der Waals surface area contributed by atoms with Gasteiger partial charge in [-0.3, -0.25) is 5.32 Å². The molecule has 0 atom stereocenters. The second-order valence-corrected chi connectivity index (χ2v) is 6.64. The number of ether oxygens (including phenoxy) is 2. The van der Waals surface area contributed by atoms with Crippen molar-refractivity contribution in [2.75, 3.05) is 5.32 Å². The number of phenolic OH excluding ortho intramolecular Hbond substituents is 1. The number of rotatable bonds is 5. The molecule has 6 heteroatoms. The average Bonchev–Trinajstić information content (AvgIpc) is 2.55. The van der Waals surface area contributed by atoms with Crippen LogP contribution in [-0.4, -0.2) is 16.8 Å². The van der Waals surface area contributed by atoms with E-state index in [0.717, 1.165) is 0 Å². The SMILES string of the molecule is C=Cc1ccc(OCc2cccc(NC(=O)OC(C)(C)C)c2)c(F)c1O. The van der Waals surface area contributed by atoms with E-state index in [9.17, 15) is 14.3 Å². The van der Waals surface area contributed by atoms with Gasteiger partial charge in [-0.2, -0.15) is 4.39 Å². The number of carbonyl (C=O) groups excluding carboxylic acids is 1. The molecule has 2 aromatic carbocycles. The topological polar surface area (TPSA) is 67.8 Å². The van der Waals surface area contributed by atoms with E-state index in [4.69, 9.17) is 9.47 Å². The monoisotopic (exact) mass is 359 g/mol. The zero-order valence-corrected chi connectivity index (χ0v) is 15.0. The van der Waals surface area contributed by atoms with Gasteiger partial charge in [0.15, 0.2) is 11.5 Å². The Kier molecular flexibility index (Phi) is 5.87. The van der Waals surface area contributed by atoms with Gasteiger partial charge in [0.05, 0.1) is 0 Å². The molecule has 0 aliphatic carbocycles. The van der Waals surface area contributed by atoms with Gasteiger partial charge in [-0.05, 0) is 50.6 Å². The van der Waals surface area contributed by atoms with Crippen LogP contribution in [0.5, 0.6) is 11.5 Å². The van der Waals surface area contributed by atoms with Crippen LogP contribution < -0.4 is 10.1 Å². The van der Waals surface area contributed by atoms with E-state index in [2.05, 4.69) is 11.9 Å². The van der Waals surface area contributed by atoms with Crippen LogP contribution in [0, 0.1) is 5.82 Å². The van der Waals surface area contributed by atoms with E-state index in [0.29, 0.717) is 16.8 Å². The number of halogens is 1. The molecule has 0 spiro atoms. The summed E-state index contributed by atoms with van der Waals surface area (Å²) < 4.78 is 24.7. The predicted molar refractivity (Wildman–Crippen MR) is 98.8 cm³/mol. The first-order valence-corrected chi connectivity index (χ1v) is 8.05. The van der Waals surface area contributed by atoms with E-state index in [-0.39, 0.29) is 12.4 Å². The molecule has 0 radical (unpaired) electrons. The molecule has 2 rings (SSSR count). The lowest BCUT2D eigenvalue weighted by molar-refractivity contribution is 0.0636. The highest BCUT2D eigenvalue weighted by molar-refractivity contribution is 5.84. The third kappa shape index (κ3) is 5.24. The highest BCUT2D eigenvalue weighted by Crippen LogP contribution is 2.30. The minimum atomic E-state index is -0.842. The van der Waals surface area contributed by atoms with Gasteiger partial charge in [-0.25, -0.2) is 4.79 Å². The number of benzene rings is 2. The van der Waals surface area contributed by atoms with Crippen LogP contribution in [0.4, 0.5) is 14.9 Å². The van der Waals surface area contributed by atoms with Gasteiger partial charge in [-0.1, -0.05) is 24.8 Å². The standard InChI is InChI=1S/C20H22FNO4/c1-5-14-9-10-16(17(21)18(14)23)25-12-13-7-6-8-15(11-13)22-19(24)26-20(2,3)4/h5-11,23H,1,12H2,2-4H3,(H,22,24). The molecule has 0 heterocycles. The second kappa shape index (κ2) is 7.91. The van der Waals surface area contributed by atoms with Crippen molar-refractivity contribution in [2.45, 2.75) is 33.0 Å². The first-order chi connectivity index (χ1) is 12.2. The summed E-state index contributed by atoms with van der Waals surface area (Å²) in [4.78, 5) is 11.8. The van der Waals surface area contributed by atoms with Gasteiger partial charge in [0.2, 0.25) is 5.82 Å². The Hall–Kier alpha value is -3.02. The molecule has 0 saturated heterocycles. The Morgan fingerprint density at radius 3 is 2.69 bits per heavy atom. The number of aromatic hydroxyl groups is 1. The number of nitrogens with one attached hydrogen (secondary N) is 1. The molecule has 26 heavy (non-hydrogen) atoms. The molecule has 1 amide bonds. The molecule has 0 aliphatic rings. The molecule has 0 unspecified atom stereocenters. The van der Waals surface area contributed by atoms with Crippen molar-refractivity contribution in [1.82, 2.24) is 0 Å². The van der Waals surface area contributed by atoms with Gasteiger partial charge in [0.25, 0.3) is 0 Å². The van der Waals surface area contributed by atoms with Crippen molar-refractivity contribution < 1.29 is 23.8 Å². The minimum absolute atomic E-state index is 0.0631. The largest absolute Gasteiger partial charge is 0.504 e. The summed E-state index contributed by atoms with van der Waals surface area (Å²) >= 11 is 0. The van der Waals surface area contributed by atoms with Gasteiger partial charge in [-0.15, -0.1) is 0 Å². The zero-order chi connectivity index (χ0) is 19.3. The van der Waals surface area contributed by atoms with Crippen molar-refractivity contribution in [3.05, 3.63) is 59.9 Å². The van der Waals surface area contributed by atoms with E-state index in [1.54, 1.807) is 45.0 Å². The second-order valence-electron chi connectivity index (χ2n) is 6.64. The van der Waals surface area contributed by atoms with Crippen LogP contribution in [0.2, 0.25) is 0 Å². The maximum absolute atomic E-state index is 14.1. The molecule has 0 bridgehead atoms. The molecule has 5 nitrogen and oxygen atoms in total. The average molecular weight is 359 g/mol. The van der Waals surface area contributed by atoms with Crippen molar-refractivity contribution in [3.8, 4) is 11.5 Å². The van der Waals surface area contributed by atoms with Crippen LogP contribution >= 0.6 is 0 Å². The first kappa shape index (κ1) is 19.3. The van der Waals surface area contributed by atoms with Crippen LogP contribution in [0.1, 0.15) is 31.9 Å². The third-order valence-corrected chi connectivity index (χ3v) is 3.30. The van der Waals surface area contributed by atoms with Crippen LogP contribution in [0.15, 0.2) is 43.0 Å². The number of amides is 1. The Labute approximate surface area is 152 Å². The summed E-state index contributed by atoms with van der Waals surface area (Å²) in [6, 6.07) is 9.85. The molecule has 0 aliphatic heterocycles. The summed E-state index contributed by atoms with van der Waals surface area (Å²) in [7, 11) is 0. The molecular weight excluding hydrogens is 337 g/mol. The van der Waals surface area contributed by atoms with Crippen LogP contribution in [0.3, 0.4) is 0 Å². The predicted octanol–water partition coefficient (Wildman–Crippen LogP) is 5.10. The normalized spacial score (nSPS) is 10.9. The minimum Gasteiger partial charge on any atom is -0.504 e. The Morgan fingerprint density at radius 2 is 2.04 bits per heavy atom. The Bertz CT molecular complexity index is 812. The smallest absolute Gasteiger partial charge is 0.412 e. The Morgan fingerprint density at radius 1 is 1.31 bits per heavy atom. The lowest BCUT2D eigenvalue weighted by atomic mass is 10.2. The molecule has 0 saturated carbocycles. The summed E-state index contributed by atoms with van der Waals surface area (Å²) in [5.41, 5.74) is 0.941. The van der Waals surface area contributed by atoms with E-state index in [1.165, 1.54) is 18.2 Å². The molecule has 138 valence electrons. The van der Waals surface area contributed by atoms with Crippen LogP contribution in [0.25, 0.3) is 6.08 Å². The maximum atomic E-state index is 14.1. The van der Waals surface area contributed by atoms with Gasteiger partial charge < -0.3 is 14.6 Å². The van der Waals surface area contributed by atoms with Crippen molar-refractivity contribution in [1.29, 1.82) is 0 Å². The zero-order valence-electron chi connectivity index (χ0n) is 15.0. The third-order valence-electron chi connectivity index (χ3n) is 3.30. The highest BCUT2D eigenvalue weighted by Gasteiger charge is 2.16. The van der Waals surface area contributed by atoms with Crippen molar-refractivity contribution >= 4 is 17.9 Å². The fourth-order valence-electron chi connectivity index (χ4n) is 2.16. The van der Waals surface area contributed by atoms with Crippen LogP contribution in [-0.2, 0) is 11.3 Å². The quantitative estimate of drug-likeness (QED) is 0.779. The van der Waals surface area contributed by atoms with Crippen molar-refractivity contribution in [3.63, 3.8) is 0 Å². The number of hydrogen-bond acceptors (Lipinski definition) is 4. The number of phenols is 1. The Balaban J connectivity index is 2.04. The highest BCUT2D eigenvalue weighted by atomic mass is 19.1. The van der Waals surface area contributed by atoms with Crippen molar-refractivity contribution in [2.24, 2.45) is 0 Å². The lowest BCUT2D eigenvalue weighted by Crippen LogP contribution is -2.27. The fourth-order valence-corrected chi connectivity index (χ4v) is 2.16. The van der Waals surface area contributed by atoms with Gasteiger partial charge >= 0.3 is 6.09 Å². The molecule has 2 aromatic rings. The lowest BCUT2D eigenvalue weighted by Gasteiger charge is -2.19. The molecule has 0 fully saturated rings. The summed E-state index contributed by atoms with van der Waals surface area (Å²) in [5.74, 6) is -1.41. The molecule has 0 aromatic heterocycles. The van der Waals surface area contributed by atoms with E-state index >= 15 is 0 Å². The summed E-state index contributed by atoms with van der Waals surface area (Å²) in [5, 5.41) is 12.4. The number of carbonyl (C=O) groups is 1. The van der Waals surface area contributed by atoms with Gasteiger partial charge in [0.1, 0.15) is 12.2 Å². The fraction of sp³-hybridized carbons (Fsp3) is 0.250. The van der Waals surface area contributed by atoms with Gasteiger partial charge in [0, 0.05) is 11.3 Å². The number of hydrogen-bond donors (Lipinski definition) is 2. The summed E-state index contributed by atoms with van der Waals surface area (Å²) in [6.45, 7) is 8.89. The molecular formula is C20H22FNO4.